The van der Waals surface area contributed by atoms with Crippen LogP contribution in [0.1, 0.15) is 25.0 Å². The Kier molecular flexibility index (Phi) is 7.84. The van der Waals surface area contributed by atoms with Crippen molar-refractivity contribution < 1.29 is 4.74 Å². The lowest BCUT2D eigenvalue weighted by Gasteiger charge is -2.29. The second-order valence-corrected chi connectivity index (χ2v) is 15.8. The van der Waals surface area contributed by atoms with Crippen LogP contribution in [0.15, 0.2) is 206 Å². The third-order valence-electron chi connectivity index (χ3n) is 12.0. The third kappa shape index (κ3) is 5.43. The summed E-state index contributed by atoms with van der Waals surface area (Å²) in [7, 11) is 0. The maximum atomic E-state index is 6.83. The molecular weight excluding hydrogens is 705 g/mol. The maximum Gasteiger partial charge on any atom is 0.135 e. The van der Waals surface area contributed by atoms with Crippen LogP contribution in [0.25, 0.3) is 44.2 Å². The fourth-order valence-electron chi connectivity index (χ4n) is 9.22. The van der Waals surface area contributed by atoms with Crippen LogP contribution >= 0.6 is 0 Å². The molecule has 0 saturated heterocycles. The number of para-hydroxylation sites is 4. The summed E-state index contributed by atoms with van der Waals surface area (Å²) < 4.78 is 6.83. The Balaban J connectivity index is 0.959. The van der Waals surface area contributed by atoms with Crippen LogP contribution < -0.4 is 14.5 Å². The third-order valence-corrected chi connectivity index (χ3v) is 12.0. The first-order valence-electron chi connectivity index (χ1n) is 20.0. The number of rotatable bonds is 7. The standard InChI is InChI=1S/C55H40N2O/c1-55(2)49-34-37(26-29-44(49)45-31-28-43(36-50(45)55)56(39-16-7-3-8-17-39)40-18-9-4-10-19-40)38-27-30-46-47-32-33-51(48-24-15-25-52(54(47)48)58-53(46)35-38)57(41-20-11-5-12-21-41)42-22-13-6-14-23-42/h3-36H,1-2H3. The molecule has 1 aliphatic carbocycles. The summed E-state index contributed by atoms with van der Waals surface area (Å²) in [5.74, 6) is 1.75. The zero-order valence-electron chi connectivity index (χ0n) is 32.4. The molecule has 2 aliphatic rings. The van der Waals surface area contributed by atoms with Gasteiger partial charge in [-0.3, -0.25) is 0 Å². The maximum absolute atomic E-state index is 6.83. The lowest BCUT2D eigenvalue weighted by molar-refractivity contribution is 0.487. The quantitative estimate of drug-likeness (QED) is 0.162. The van der Waals surface area contributed by atoms with Gasteiger partial charge in [-0.1, -0.05) is 129 Å². The molecule has 58 heavy (non-hydrogen) atoms. The van der Waals surface area contributed by atoms with Crippen molar-refractivity contribution in [3.8, 4) is 44.9 Å². The first kappa shape index (κ1) is 33.9. The van der Waals surface area contributed by atoms with Crippen molar-refractivity contribution in [3.05, 3.63) is 217 Å². The zero-order chi connectivity index (χ0) is 38.8. The molecule has 0 saturated carbocycles. The number of anilines is 6. The van der Waals surface area contributed by atoms with Gasteiger partial charge in [0.2, 0.25) is 0 Å². The van der Waals surface area contributed by atoms with Crippen LogP contribution in [0.2, 0.25) is 0 Å². The zero-order valence-corrected chi connectivity index (χ0v) is 32.4. The Morgan fingerprint density at radius 1 is 0.362 bits per heavy atom. The van der Waals surface area contributed by atoms with E-state index in [1.54, 1.807) is 0 Å². The van der Waals surface area contributed by atoms with E-state index in [9.17, 15) is 0 Å². The van der Waals surface area contributed by atoms with Gasteiger partial charge in [0.1, 0.15) is 11.5 Å². The molecule has 11 rings (SSSR count). The fourth-order valence-corrected chi connectivity index (χ4v) is 9.22. The number of fused-ring (bicyclic) bond motifs is 5. The highest BCUT2D eigenvalue weighted by molar-refractivity contribution is 6.11. The van der Waals surface area contributed by atoms with Gasteiger partial charge in [-0.2, -0.15) is 0 Å². The van der Waals surface area contributed by atoms with Gasteiger partial charge in [0.15, 0.2) is 0 Å². The summed E-state index contributed by atoms with van der Waals surface area (Å²) in [4.78, 5) is 4.68. The van der Waals surface area contributed by atoms with E-state index in [-0.39, 0.29) is 5.41 Å². The molecule has 9 aromatic carbocycles. The van der Waals surface area contributed by atoms with Gasteiger partial charge >= 0.3 is 0 Å². The van der Waals surface area contributed by atoms with Gasteiger partial charge in [0, 0.05) is 50.2 Å². The van der Waals surface area contributed by atoms with Gasteiger partial charge in [0.05, 0.1) is 5.69 Å². The molecule has 276 valence electrons. The number of nitrogens with zero attached hydrogens (tertiary/aromatic N) is 2. The molecule has 0 fully saturated rings. The smallest absolute Gasteiger partial charge is 0.135 e. The summed E-state index contributed by atoms with van der Waals surface area (Å²) >= 11 is 0. The van der Waals surface area contributed by atoms with Gasteiger partial charge in [0.25, 0.3) is 0 Å². The van der Waals surface area contributed by atoms with E-state index in [0.717, 1.165) is 67.5 Å². The minimum atomic E-state index is -0.194. The molecular formula is C55H40N2O. The largest absolute Gasteiger partial charge is 0.456 e. The predicted octanol–water partition coefficient (Wildman–Crippen LogP) is 15.5. The molecule has 0 radical (unpaired) electrons. The number of benzene rings is 9. The molecule has 0 unspecified atom stereocenters. The topological polar surface area (TPSA) is 15.7 Å². The first-order chi connectivity index (χ1) is 28.5. The van der Waals surface area contributed by atoms with Crippen LogP contribution in [-0.2, 0) is 5.41 Å². The molecule has 0 atom stereocenters. The average Bonchev–Trinajstić information content (AvgIpc) is 3.50. The van der Waals surface area contributed by atoms with Crippen molar-refractivity contribution in [2.24, 2.45) is 0 Å². The molecule has 0 N–H and O–H groups in total. The Morgan fingerprint density at radius 2 is 0.862 bits per heavy atom. The van der Waals surface area contributed by atoms with Crippen molar-refractivity contribution in [2.45, 2.75) is 19.3 Å². The monoisotopic (exact) mass is 744 g/mol. The first-order valence-corrected chi connectivity index (χ1v) is 20.0. The average molecular weight is 745 g/mol. The highest BCUT2D eigenvalue weighted by Gasteiger charge is 2.36. The molecule has 1 aliphatic heterocycles. The molecule has 0 aromatic heterocycles. The van der Waals surface area contributed by atoms with E-state index in [2.05, 4.69) is 230 Å². The Hall–Kier alpha value is -7.36. The summed E-state index contributed by atoms with van der Waals surface area (Å²) in [6, 6.07) is 74.0. The molecule has 0 spiro atoms. The summed E-state index contributed by atoms with van der Waals surface area (Å²) in [6.07, 6.45) is 0. The summed E-state index contributed by atoms with van der Waals surface area (Å²) in [6.45, 7) is 4.72. The number of hydrogen-bond acceptors (Lipinski definition) is 3. The van der Waals surface area contributed by atoms with Crippen LogP contribution in [0, 0.1) is 0 Å². The number of ether oxygens (including phenoxy) is 1. The SMILES string of the molecule is CC1(C)c2cc(-c3ccc4c(c3)Oc3cccc5c(N(c6ccccc6)c6ccccc6)ccc-4c35)ccc2-c2ccc(N(c3ccccc3)c3ccccc3)cc21. The molecule has 0 amide bonds. The highest BCUT2D eigenvalue weighted by Crippen LogP contribution is 2.54. The van der Waals surface area contributed by atoms with Crippen LogP contribution in [0.5, 0.6) is 11.5 Å². The van der Waals surface area contributed by atoms with E-state index in [1.807, 2.05) is 0 Å². The minimum Gasteiger partial charge on any atom is -0.456 e. The molecule has 3 nitrogen and oxygen atoms in total. The molecule has 1 heterocycles. The summed E-state index contributed by atoms with van der Waals surface area (Å²) in [5.41, 5.74) is 16.5. The lowest BCUT2D eigenvalue weighted by atomic mass is 9.81. The van der Waals surface area contributed by atoms with Crippen LogP contribution in [-0.4, -0.2) is 0 Å². The predicted molar refractivity (Wildman–Crippen MR) is 242 cm³/mol. The van der Waals surface area contributed by atoms with Crippen molar-refractivity contribution >= 4 is 44.9 Å². The minimum absolute atomic E-state index is 0.194. The normalized spacial score (nSPS) is 12.9. The van der Waals surface area contributed by atoms with Crippen molar-refractivity contribution in [1.82, 2.24) is 0 Å². The van der Waals surface area contributed by atoms with Gasteiger partial charge in [-0.15, -0.1) is 0 Å². The van der Waals surface area contributed by atoms with Gasteiger partial charge in [-0.05, 0) is 130 Å². The Bertz CT molecular complexity index is 2920. The van der Waals surface area contributed by atoms with Crippen LogP contribution in [0.4, 0.5) is 34.1 Å². The lowest BCUT2D eigenvalue weighted by Crippen LogP contribution is -2.16. The Labute approximate surface area is 339 Å². The van der Waals surface area contributed by atoms with Crippen LogP contribution in [0.3, 0.4) is 0 Å². The second kappa shape index (κ2) is 13.4. The Morgan fingerprint density at radius 3 is 1.47 bits per heavy atom. The van der Waals surface area contributed by atoms with Crippen molar-refractivity contribution in [3.63, 3.8) is 0 Å². The fraction of sp³-hybridized carbons (Fsp3) is 0.0545. The van der Waals surface area contributed by atoms with E-state index in [1.165, 1.54) is 33.4 Å². The van der Waals surface area contributed by atoms with Crippen molar-refractivity contribution in [2.75, 3.05) is 9.80 Å². The van der Waals surface area contributed by atoms with Crippen molar-refractivity contribution in [1.29, 1.82) is 0 Å². The highest BCUT2D eigenvalue weighted by atomic mass is 16.5. The summed E-state index contributed by atoms with van der Waals surface area (Å²) in [5, 5.41) is 2.28. The molecule has 0 bridgehead atoms. The van der Waals surface area contributed by atoms with E-state index in [4.69, 9.17) is 4.74 Å². The number of hydrogen-bond donors (Lipinski definition) is 0. The van der Waals surface area contributed by atoms with Gasteiger partial charge < -0.3 is 14.5 Å². The van der Waals surface area contributed by atoms with E-state index >= 15 is 0 Å². The molecule has 3 heteroatoms. The molecule has 9 aromatic rings. The van der Waals surface area contributed by atoms with E-state index < -0.39 is 0 Å². The van der Waals surface area contributed by atoms with Gasteiger partial charge in [-0.25, -0.2) is 0 Å². The second-order valence-electron chi connectivity index (χ2n) is 15.8. The van der Waals surface area contributed by atoms with E-state index in [0.29, 0.717) is 0 Å².